The third kappa shape index (κ3) is 2.39. The Morgan fingerprint density at radius 2 is 2.33 bits per heavy atom. The minimum atomic E-state index is -1.14. The summed E-state index contributed by atoms with van der Waals surface area (Å²) in [6.07, 6.45) is 1.64. The molecule has 0 aliphatic carbocycles. The van der Waals surface area contributed by atoms with Crippen molar-refractivity contribution in [2.75, 3.05) is 32.8 Å². The molecule has 2 rings (SSSR count). The van der Waals surface area contributed by atoms with Crippen molar-refractivity contribution in [2.45, 2.75) is 0 Å². The molecule has 0 spiro atoms. The van der Waals surface area contributed by atoms with E-state index in [0.717, 1.165) is 0 Å². The first-order chi connectivity index (χ1) is 8.68. The lowest BCUT2D eigenvalue weighted by Gasteiger charge is -2.33. The lowest BCUT2D eigenvalue weighted by atomic mass is 10.2. The van der Waals surface area contributed by atoms with E-state index in [2.05, 4.69) is 9.98 Å². The smallest absolute Gasteiger partial charge is 0.249 e. The normalized spacial score (nSPS) is 22.8. The quantitative estimate of drug-likeness (QED) is 0.637. The molecule has 6 heteroatoms. The summed E-state index contributed by atoms with van der Waals surface area (Å²) >= 11 is 0. The van der Waals surface area contributed by atoms with E-state index in [9.17, 15) is 9.90 Å². The summed E-state index contributed by atoms with van der Waals surface area (Å²) in [6.45, 7) is 1.12. The van der Waals surface area contributed by atoms with Crippen molar-refractivity contribution in [2.24, 2.45) is 4.99 Å². The molecule has 18 heavy (non-hydrogen) atoms. The zero-order chi connectivity index (χ0) is 13.0. The molecule has 0 fully saturated rings. The number of aliphatic carboxylic acids is 1. The van der Waals surface area contributed by atoms with Crippen molar-refractivity contribution in [3.8, 4) is 0 Å². The van der Waals surface area contributed by atoms with E-state index in [-0.39, 0.29) is 17.6 Å². The number of nitrogens with zero attached hydrogens (tertiary/aromatic N) is 3. The lowest BCUT2D eigenvalue weighted by Crippen LogP contribution is -2.58. The van der Waals surface area contributed by atoms with Crippen LogP contribution in [-0.2, 0) is 4.79 Å². The number of aliphatic imine (C=N–C) groups is 1. The summed E-state index contributed by atoms with van der Waals surface area (Å²) in [6, 6.07) is 5.41. The molecule has 2 heterocycles. The molecule has 0 radical (unpaired) electrons. The molecular weight excluding hydrogens is 234 g/mol. The third-order valence-corrected chi connectivity index (χ3v) is 3.09. The number of rotatable bonds is 5. The van der Waals surface area contributed by atoms with Gasteiger partial charge in [0.2, 0.25) is 5.84 Å². The topological polar surface area (TPSA) is 85.6 Å². The van der Waals surface area contributed by atoms with Crippen LogP contribution in [0.5, 0.6) is 0 Å². The summed E-state index contributed by atoms with van der Waals surface area (Å²) in [4.78, 5) is 19.5. The van der Waals surface area contributed by atoms with Crippen LogP contribution < -0.4 is 5.11 Å². The highest BCUT2D eigenvalue weighted by molar-refractivity contribution is 5.93. The summed E-state index contributed by atoms with van der Waals surface area (Å²) in [5.41, 5.74) is 0.657. The number of aliphatic hydroxyl groups is 1. The Labute approximate surface area is 105 Å². The first kappa shape index (κ1) is 12.7. The highest BCUT2D eigenvalue weighted by Crippen LogP contribution is 2.19. The molecule has 0 saturated carbocycles. The minimum absolute atomic E-state index is 0.0981. The molecule has 1 aromatic heterocycles. The molecule has 1 aromatic rings. The third-order valence-electron chi connectivity index (χ3n) is 3.09. The maximum absolute atomic E-state index is 10.9. The number of hydrogen-bond acceptors (Lipinski definition) is 5. The number of pyridine rings is 1. The molecule has 1 aliphatic heterocycles. The predicted molar refractivity (Wildman–Crippen MR) is 62.6 cm³/mol. The zero-order valence-corrected chi connectivity index (χ0v) is 9.95. The molecule has 6 nitrogen and oxygen atoms in total. The number of amidine groups is 1. The van der Waals surface area contributed by atoms with Crippen LogP contribution in [0.4, 0.5) is 0 Å². The Morgan fingerprint density at radius 3 is 2.94 bits per heavy atom. The van der Waals surface area contributed by atoms with Crippen molar-refractivity contribution in [1.82, 2.24) is 4.98 Å². The summed E-state index contributed by atoms with van der Waals surface area (Å²) < 4.78 is 0.107. The average molecular weight is 249 g/mol. The van der Waals surface area contributed by atoms with Crippen LogP contribution in [0, 0.1) is 0 Å². The van der Waals surface area contributed by atoms with Crippen molar-refractivity contribution in [1.29, 1.82) is 0 Å². The SMILES string of the molecule is O=C([O-])C[N+]1(CCO)CCN=C1c1ccccn1. The number of carboxylic acids is 1. The number of hydrogen-bond donors (Lipinski definition) is 1. The Morgan fingerprint density at radius 1 is 1.50 bits per heavy atom. The summed E-state index contributed by atoms with van der Waals surface area (Å²) in [7, 11) is 0. The van der Waals surface area contributed by atoms with Gasteiger partial charge in [-0.15, -0.1) is 0 Å². The molecule has 0 aromatic carbocycles. The highest BCUT2D eigenvalue weighted by Gasteiger charge is 2.39. The van der Waals surface area contributed by atoms with Gasteiger partial charge in [0.25, 0.3) is 0 Å². The van der Waals surface area contributed by atoms with E-state index < -0.39 is 5.97 Å². The molecule has 0 bridgehead atoms. The van der Waals surface area contributed by atoms with E-state index in [1.807, 2.05) is 6.07 Å². The standard InChI is InChI=1S/C12H15N3O3/c16-8-7-15(9-11(17)18)6-5-14-12(15)10-3-1-2-4-13-10/h1-4,16H,5-9H2. The zero-order valence-electron chi connectivity index (χ0n) is 9.95. The molecule has 0 saturated heterocycles. The second-order valence-electron chi connectivity index (χ2n) is 4.27. The van der Waals surface area contributed by atoms with Crippen LogP contribution in [0.1, 0.15) is 5.69 Å². The Bertz CT molecular complexity index is 461. The van der Waals surface area contributed by atoms with Crippen LogP contribution in [0.3, 0.4) is 0 Å². The fourth-order valence-electron chi connectivity index (χ4n) is 2.31. The van der Waals surface area contributed by atoms with Crippen LogP contribution in [-0.4, -0.2) is 59.2 Å². The van der Waals surface area contributed by atoms with Gasteiger partial charge in [-0.25, -0.2) is 9.98 Å². The fraction of sp³-hybridized carbons (Fsp3) is 0.417. The minimum Gasteiger partial charge on any atom is -0.544 e. The maximum Gasteiger partial charge on any atom is 0.249 e. The predicted octanol–water partition coefficient (Wildman–Crippen LogP) is -1.60. The van der Waals surface area contributed by atoms with E-state index in [1.54, 1.807) is 18.3 Å². The number of carboxylic acid groups (broad SMARTS) is 1. The molecule has 0 amide bonds. The average Bonchev–Trinajstić information content (AvgIpc) is 2.73. The van der Waals surface area contributed by atoms with Gasteiger partial charge in [0, 0.05) is 6.20 Å². The van der Waals surface area contributed by atoms with Gasteiger partial charge in [0.05, 0.1) is 19.1 Å². The number of quaternary nitrogens is 1. The van der Waals surface area contributed by atoms with Gasteiger partial charge in [-0.2, -0.15) is 0 Å². The van der Waals surface area contributed by atoms with E-state index in [0.29, 0.717) is 31.2 Å². The molecule has 1 atom stereocenters. The van der Waals surface area contributed by atoms with Crippen LogP contribution in [0.15, 0.2) is 29.4 Å². The number of aromatic nitrogens is 1. The van der Waals surface area contributed by atoms with E-state index >= 15 is 0 Å². The molecule has 1 unspecified atom stereocenters. The first-order valence-electron chi connectivity index (χ1n) is 5.81. The number of carbonyl (C=O) groups is 1. The van der Waals surface area contributed by atoms with Crippen molar-refractivity contribution in [3.63, 3.8) is 0 Å². The summed E-state index contributed by atoms with van der Waals surface area (Å²) in [5, 5.41) is 20.1. The van der Waals surface area contributed by atoms with Crippen molar-refractivity contribution >= 4 is 11.8 Å². The van der Waals surface area contributed by atoms with Crippen molar-refractivity contribution < 1.29 is 19.5 Å². The van der Waals surface area contributed by atoms with E-state index in [1.165, 1.54) is 0 Å². The van der Waals surface area contributed by atoms with Gasteiger partial charge in [-0.1, -0.05) is 6.07 Å². The fourth-order valence-corrected chi connectivity index (χ4v) is 2.31. The van der Waals surface area contributed by atoms with Gasteiger partial charge in [0.1, 0.15) is 25.3 Å². The van der Waals surface area contributed by atoms with Crippen LogP contribution >= 0.6 is 0 Å². The van der Waals surface area contributed by atoms with Gasteiger partial charge < -0.3 is 15.0 Å². The number of aliphatic hydroxyl groups excluding tert-OH is 1. The first-order valence-corrected chi connectivity index (χ1v) is 5.81. The Kier molecular flexibility index (Phi) is 3.69. The van der Waals surface area contributed by atoms with E-state index in [4.69, 9.17) is 5.11 Å². The van der Waals surface area contributed by atoms with Crippen LogP contribution in [0.25, 0.3) is 0 Å². The monoisotopic (exact) mass is 249 g/mol. The maximum atomic E-state index is 10.9. The largest absolute Gasteiger partial charge is 0.544 e. The lowest BCUT2D eigenvalue weighted by molar-refractivity contribution is -0.829. The Balaban J connectivity index is 2.35. The van der Waals surface area contributed by atoms with Crippen LogP contribution in [0.2, 0.25) is 0 Å². The van der Waals surface area contributed by atoms with Gasteiger partial charge >= 0.3 is 0 Å². The molecular formula is C12H15N3O3. The van der Waals surface area contributed by atoms with Crippen molar-refractivity contribution in [3.05, 3.63) is 30.1 Å². The Hall–Kier alpha value is -1.79. The second kappa shape index (κ2) is 5.24. The summed E-state index contributed by atoms with van der Waals surface area (Å²) in [5.74, 6) is -0.525. The molecule has 1 aliphatic rings. The highest BCUT2D eigenvalue weighted by atomic mass is 16.4. The second-order valence-corrected chi connectivity index (χ2v) is 4.27. The molecule has 96 valence electrons. The van der Waals surface area contributed by atoms with Gasteiger partial charge in [0.15, 0.2) is 0 Å². The number of carbonyl (C=O) groups excluding carboxylic acids is 1. The van der Waals surface area contributed by atoms with Gasteiger partial charge in [-0.05, 0) is 12.1 Å². The van der Waals surface area contributed by atoms with Gasteiger partial charge in [-0.3, -0.25) is 4.48 Å². The molecule has 1 N–H and O–H groups in total.